The third-order valence-corrected chi connectivity index (χ3v) is 4.38. The molecule has 1 aliphatic carbocycles. The normalized spacial score (nSPS) is 28.2. The van der Waals surface area contributed by atoms with Crippen LogP contribution in [0.2, 0.25) is 0 Å². The van der Waals surface area contributed by atoms with E-state index in [1.165, 1.54) is 0 Å². The van der Waals surface area contributed by atoms with E-state index in [0.717, 1.165) is 32.1 Å². The van der Waals surface area contributed by atoms with Gasteiger partial charge in [0.25, 0.3) is 0 Å². The van der Waals surface area contributed by atoms with E-state index in [2.05, 4.69) is 10.6 Å². The van der Waals surface area contributed by atoms with Crippen LogP contribution in [-0.2, 0) is 9.53 Å². The van der Waals surface area contributed by atoms with E-state index in [9.17, 15) is 9.59 Å². The van der Waals surface area contributed by atoms with Gasteiger partial charge in [-0.3, -0.25) is 4.79 Å². The third-order valence-electron chi connectivity index (χ3n) is 4.38. The molecule has 1 aliphatic heterocycles. The summed E-state index contributed by atoms with van der Waals surface area (Å²) in [5.41, 5.74) is -0.230. The number of rotatable bonds is 5. The molecule has 1 saturated heterocycles. The summed E-state index contributed by atoms with van der Waals surface area (Å²) in [7, 11) is 0. The molecule has 2 fully saturated rings. The van der Waals surface area contributed by atoms with Gasteiger partial charge in [-0.2, -0.15) is 0 Å². The second-order valence-electron chi connectivity index (χ2n) is 6.15. The summed E-state index contributed by atoms with van der Waals surface area (Å²) in [5, 5.41) is 14.7. The average molecular weight is 284 g/mol. The number of carbonyl (C=O) groups is 2. The van der Waals surface area contributed by atoms with E-state index in [1.54, 1.807) is 0 Å². The van der Waals surface area contributed by atoms with Crippen molar-refractivity contribution in [2.45, 2.75) is 57.6 Å². The highest BCUT2D eigenvalue weighted by atomic mass is 16.5. The van der Waals surface area contributed by atoms with Gasteiger partial charge in [-0.25, -0.2) is 4.79 Å². The fourth-order valence-corrected chi connectivity index (χ4v) is 3.05. The fourth-order valence-electron chi connectivity index (χ4n) is 3.05. The molecule has 0 aromatic heterocycles. The first-order valence-electron chi connectivity index (χ1n) is 7.37. The molecule has 0 bridgehead atoms. The lowest BCUT2D eigenvalue weighted by Crippen LogP contribution is -2.50. The Morgan fingerprint density at radius 1 is 1.40 bits per heavy atom. The highest BCUT2D eigenvalue weighted by Crippen LogP contribution is 2.43. The number of carboxylic acids is 1. The Kier molecular flexibility index (Phi) is 4.86. The molecule has 3 N–H and O–H groups in total. The summed E-state index contributed by atoms with van der Waals surface area (Å²) >= 11 is 0. The van der Waals surface area contributed by atoms with Crippen molar-refractivity contribution >= 4 is 12.0 Å². The third kappa shape index (κ3) is 4.10. The van der Waals surface area contributed by atoms with E-state index in [0.29, 0.717) is 13.2 Å². The van der Waals surface area contributed by atoms with E-state index < -0.39 is 5.97 Å². The summed E-state index contributed by atoms with van der Waals surface area (Å²) < 4.78 is 5.44. The molecule has 2 unspecified atom stereocenters. The van der Waals surface area contributed by atoms with E-state index in [-0.39, 0.29) is 30.0 Å². The first-order chi connectivity index (χ1) is 9.49. The lowest BCUT2D eigenvalue weighted by molar-refractivity contribution is -0.141. The summed E-state index contributed by atoms with van der Waals surface area (Å²) in [6.07, 6.45) is 4.79. The highest BCUT2D eigenvalue weighted by molar-refractivity contribution is 5.74. The topological polar surface area (TPSA) is 87.7 Å². The summed E-state index contributed by atoms with van der Waals surface area (Å²) in [5.74, 6) is -0.787. The minimum atomic E-state index is -0.787. The molecule has 0 spiro atoms. The number of hydrogen-bond donors (Lipinski definition) is 3. The first kappa shape index (κ1) is 15.1. The van der Waals surface area contributed by atoms with Gasteiger partial charge in [-0.15, -0.1) is 0 Å². The second-order valence-corrected chi connectivity index (χ2v) is 6.15. The maximum Gasteiger partial charge on any atom is 0.315 e. The molecule has 2 rings (SSSR count). The van der Waals surface area contributed by atoms with Gasteiger partial charge in [-0.05, 0) is 38.0 Å². The van der Waals surface area contributed by atoms with Crippen molar-refractivity contribution < 1.29 is 19.4 Å². The van der Waals surface area contributed by atoms with Gasteiger partial charge < -0.3 is 20.5 Å². The molecule has 0 radical (unpaired) electrons. The van der Waals surface area contributed by atoms with Crippen LogP contribution in [0.3, 0.4) is 0 Å². The van der Waals surface area contributed by atoms with Crippen LogP contribution in [0.25, 0.3) is 0 Å². The molecular formula is C14H24N2O4. The monoisotopic (exact) mass is 284 g/mol. The number of hydrogen-bond acceptors (Lipinski definition) is 3. The van der Waals surface area contributed by atoms with Crippen molar-refractivity contribution in [1.29, 1.82) is 0 Å². The molecule has 0 aromatic rings. The fraction of sp³-hybridized carbons (Fsp3) is 0.857. The largest absolute Gasteiger partial charge is 0.481 e. The Bertz CT molecular complexity index is 368. The first-order valence-corrected chi connectivity index (χ1v) is 7.37. The number of aliphatic carboxylic acids is 1. The molecule has 114 valence electrons. The predicted molar refractivity (Wildman–Crippen MR) is 73.5 cm³/mol. The van der Waals surface area contributed by atoms with Crippen LogP contribution in [-0.4, -0.2) is 42.4 Å². The van der Waals surface area contributed by atoms with Gasteiger partial charge in [0.05, 0.1) is 12.5 Å². The Morgan fingerprint density at radius 2 is 2.15 bits per heavy atom. The second kappa shape index (κ2) is 6.43. The number of urea groups is 1. The zero-order valence-electron chi connectivity index (χ0n) is 12.0. The number of nitrogens with one attached hydrogen (secondary N) is 2. The summed E-state index contributed by atoms with van der Waals surface area (Å²) in [6, 6.07) is -0.0451. The smallest absolute Gasteiger partial charge is 0.315 e. The van der Waals surface area contributed by atoms with Crippen molar-refractivity contribution in [3.05, 3.63) is 0 Å². The molecule has 2 atom stereocenters. The highest BCUT2D eigenvalue weighted by Gasteiger charge is 2.39. The van der Waals surface area contributed by atoms with Crippen molar-refractivity contribution in [2.75, 3.05) is 13.2 Å². The van der Waals surface area contributed by atoms with Crippen molar-refractivity contribution in [3.8, 4) is 0 Å². The molecule has 0 aromatic carbocycles. The molecular weight excluding hydrogens is 260 g/mol. The standard InChI is InChI=1S/C14H24N2O4/c1-10-7-11(3-6-20-10)16-13(19)15-9-14(4-2-5-14)8-12(17)18/h10-11H,2-9H2,1H3,(H,17,18)(H2,15,16,19). The SMILES string of the molecule is CC1CC(NC(=O)NCC2(CC(=O)O)CCC2)CCO1. The lowest BCUT2D eigenvalue weighted by atomic mass is 9.66. The Hall–Kier alpha value is -1.30. The van der Waals surface area contributed by atoms with Gasteiger partial charge in [0.1, 0.15) is 0 Å². The summed E-state index contributed by atoms with van der Waals surface area (Å²) in [4.78, 5) is 22.7. The molecule has 20 heavy (non-hydrogen) atoms. The zero-order chi connectivity index (χ0) is 14.6. The zero-order valence-corrected chi connectivity index (χ0v) is 12.0. The average Bonchev–Trinajstić information content (AvgIpc) is 2.32. The van der Waals surface area contributed by atoms with Crippen LogP contribution in [0.5, 0.6) is 0 Å². The van der Waals surface area contributed by atoms with Gasteiger partial charge in [0.2, 0.25) is 0 Å². The lowest BCUT2D eigenvalue weighted by Gasteiger charge is -2.41. The van der Waals surface area contributed by atoms with Crippen LogP contribution >= 0.6 is 0 Å². The molecule has 1 heterocycles. The number of carboxylic acid groups (broad SMARTS) is 1. The Labute approximate surface area is 119 Å². The molecule has 6 heteroatoms. The van der Waals surface area contributed by atoms with E-state index in [1.807, 2.05) is 6.92 Å². The van der Waals surface area contributed by atoms with Crippen LogP contribution in [0.15, 0.2) is 0 Å². The predicted octanol–water partition coefficient (Wildman–Crippen LogP) is 1.50. The molecule has 1 saturated carbocycles. The Balaban J connectivity index is 1.72. The van der Waals surface area contributed by atoms with Crippen LogP contribution in [0.1, 0.15) is 45.4 Å². The van der Waals surface area contributed by atoms with Crippen LogP contribution < -0.4 is 10.6 Å². The molecule has 2 aliphatic rings. The molecule has 2 amide bonds. The minimum absolute atomic E-state index is 0.140. The van der Waals surface area contributed by atoms with Crippen molar-refractivity contribution in [3.63, 3.8) is 0 Å². The molecule has 6 nitrogen and oxygen atoms in total. The Morgan fingerprint density at radius 3 is 2.70 bits per heavy atom. The quantitative estimate of drug-likeness (QED) is 0.714. The number of ether oxygens (including phenoxy) is 1. The minimum Gasteiger partial charge on any atom is -0.481 e. The van der Waals surface area contributed by atoms with Crippen molar-refractivity contribution in [1.82, 2.24) is 10.6 Å². The van der Waals surface area contributed by atoms with Crippen LogP contribution in [0, 0.1) is 5.41 Å². The van der Waals surface area contributed by atoms with Crippen molar-refractivity contribution in [2.24, 2.45) is 5.41 Å². The number of amides is 2. The van der Waals surface area contributed by atoms with Crippen LogP contribution in [0.4, 0.5) is 4.79 Å². The number of carbonyl (C=O) groups excluding carboxylic acids is 1. The van der Waals surface area contributed by atoms with Gasteiger partial charge >= 0.3 is 12.0 Å². The van der Waals surface area contributed by atoms with E-state index in [4.69, 9.17) is 9.84 Å². The van der Waals surface area contributed by atoms with Gasteiger partial charge in [-0.1, -0.05) is 6.42 Å². The van der Waals surface area contributed by atoms with E-state index >= 15 is 0 Å². The van der Waals surface area contributed by atoms with Gasteiger partial charge in [0, 0.05) is 19.2 Å². The van der Waals surface area contributed by atoms with Gasteiger partial charge in [0.15, 0.2) is 0 Å². The maximum atomic E-state index is 11.9. The summed E-state index contributed by atoms with van der Waals surface area (Å²) in [6.45, 7) is 3.13. The maximum absolute atomic E-state index is 11.9.